The van der Waals surface area contributed by atoms with Crippen LogP contribution in [-0.2, 0) is 11.2 Å². The third kappa shape index (κ3) is 3.81. The number of amides is 1. The van der Waals surface area contributed by atoms with Gasteiger partial charge in [0.2, 0.25) is 0 Å². The molecule has 0 atom stereocenters. The van der Waals surface area contributed by atoms with E-state index in [1.54, 1.807) is 0 Å². The second-order valence-corrected chi connectivity index (χ2v) is 6.87. The van der Waals surface area contributed by atoms with Gasteiger partial charge in [-0.1, -0.05) is 19.8 Å². The minimum absolute atomic E-state index is 0.00158. The highest BCUT2D eigenvalue weighted by molar-refractivity contribution is 7.13. The summed E-state index contributed by atoms with van der Waals surface area (Å²) in [6.07, 6.45) is 5.29. The number of rotatable bonds is 6. The van der Waals surface area contributed by atoms with Gasteiger partial charge in [-0.15, -0.1) is 11.3 Å². The lowest BCUT2D eigenvalue weighted by Gasteiger charge is -2.28. The summed E-state index contributed by atoms with van der Waals surface area (Å²) in [4.78, 5) is 28.6. The molecule has 0 saturated heterocycles. The van der Waals surface area contributed by atoms with Crippen molar-refractivity contribution in [2.45, 2.75) is 64.3 Å². The van der Waals surface area contributed by atoms with Gasteiger partial charge in [0.25, 0.3) is 5.91 Å². The van der Waals surface area contributed by atoms with Gasteiger partial charge in [0.05, 0.1) is 22.7 Å². The first-order valence-electron chi connectivity index (χ1n) is 7.46. The van der Waals surface area contributed by atoms with E-state index in [4.69, 9.17) is 5.11 Å². The Hall–Kier alpha value is -1.43. The van der Waals surface area contributed by atoms with Gasteiger partial charge >= 0.3 is 5.97 Å². The summed E-state index contributed by atoms with van der Waals surface area (Å²) in [5.41, 5.74) is 0.161. The molecule has 0 aromatic carbocycles. The first-order chi connectivity index (χ1) is 9.96. The van der Waals surface area contributed by atoms with Crippen LogP contribution in [0.4, 0.5) is 0 Å². The molecule has 1 aliphatic carbocycles. The van der Waals surface area contributed by atoms with Crippen LogP contribution in [0.25, 0.3) is 0 Å². The van der Waals surface area contributed by atoms with Gasteiger partial charge in [0, 0.05) is 0 Å². The maximum absolute atomic E-state index is 12.5. The first-order valence-corrected chi connectivity index (χ1v) is 8.28. The molecule has 1 aliphatic rings. The Morgan fingerprint density at radius 1 is 1.38 bits per heavy atom. The number of aryl methyl sites for hydroxylation is 2. The molecule has 6 heteroatoms. The molecular formula is C15H22N2O3S. The van der Waals surface area contributed by atoms with Crippen molar-refractivity contribution in [2.75, 3.05) is 0 Å². The molecule has 1 aromatic rings. The smallest absolute Gasteiger partial charge is 0.305 e. The lowest BCUT2D eigenvalue weighted by atomic mass is 9.93. The molecule has 0 radical (unpaired) electrons. The van der Waals surface area contributed by atoms with Gasteiger partial charge < -0.3 is 10.4 Å². The van der Waals surface area contributed by atoms with Crippen LogP contribution in [0.15, 0.2) is 0 Å². The largest absolute Gasteiger partial charge is 0.481 e. The van der Waals surface area contributed by atoms with Gasteiger partial charge in [-0.05, 0) is 32.6 Å². The van der Waals surface area contributed by atoms with Crippen molar-refractivity contribution < 1.29 is 14.7 Å². The predicted octanol–water partition coefficient (Wildman–Crippen LogP) is 2.92. The number of nitrogens with zero attached hydrogens (tertiary/aromatic N) is 1. The average Bonchev–Trinajstić information content (AvgIpc) is 2.96. The Labute approximate surface area is 128 Å². The van der Waals surface area contributed by atoms with Crippen molar-refractivity contribution >= 4 is 23.2 Å². The summed E-state index contributed by atoms with van der Waals surface area (Å²) >= 11 is 1.42. The Morgan fingerprint density at radius 2 is 2.05 bits per heavy atom. The summed E-state index contributed by atoms with van der Waals surface area (Å²) in [5.74, 6) is -1.03. The number of nitrogens with one attached hydrogen (secondary N) is 1. The summed E-state index contributed by atoms with van der Waals surface area (Å²) in [6.45, 7) is 3.92. The maximum atomic E-state index is 12.5. The summed E-state index contributed by atoms with van der Waals surface area (Å²) < 4.78 is 0. The molecule has 2 N–H and O–H groups in total. The zero-order valence-electron chi connectivity index (χ0n) is 12.6. The molecule has 1 aromatic heterocycles. The van der Waals surface area contributed by atoms with Crippen molar-refractivity contribution in [3.05, 3.63) is 15.6 Å². The van der Waals surface area contributed by atoms with E-state index in [1.165, 1.54) is 11.3 Å². The molecule has 1 heterocycles. The molecule has 116 valence electrons. The Balaban J connectivity index is 2.13. The SMILES string of the molecule is CCCc1nc(C)c(C(=O)NC2(CC(=O)O)CCCC2)s1. The molecule has 2 rings (SSSR count). The first kappa shape index (κ1) is 15.9. The number of aromatic nitrogens is 1. The predicted molar refractivity (Wildman–Crippen MR) is 81.8 cm³/mol. The molecule has 1 amide bonds. The molecule has 1 saturated carbocycles. The highest BCUT2D eigenvalue weighted by Gasteiger charge is 2.38. The normalized spacial score (nSPS) is 16.9. The molecule has 1 fully saturated rings. The monoisotopic (exact) mass is 310 g/mol. The van der Waals surface area contributed by atoms with E-state index in [2.05, 4.69) is 17.2 Å². The minimum Gasteiger partial charge on any atom is -0.481 e. The quantitative estimate of drug-likeness (QED) is 0.846. The summed E-state index contributed by atoms with van der Waals surface area (Å²) in [7, 11) is 0. The molecule has 0 bridgehead atoms. The molecule has 0 unspecified atom stereocenters. The number of thiazole rings is 1. The highest BCUT2D eigenvalue weighted by atomic mass is 32.1. The van der Waals surface area contributed by atoms with Crippen LogP contribution in [0.5, 0.6) is 0 Å². The van der Waals surface area contributed by atoms with Crippen molar-refractivity contribution in [1.82, 2.24) is 10.3 Å². The van der Waals surface area contributed by atoms with Crippen LogP contribution in [-0.4, -0.2) is 27.5 Å². The van der Waals surface area contributed by atoms with Crippen LogP contribution in [0, 0.1) is 6.92 Å². The fraction of sp³-hybridized carbons (Fsp3) is 0.667. The minimum atomic E-state index is -0.857. The summed E-state index contributed by atoms with van der Waals surface area (Å²) in [6, 6.07) is 0. The van der Waals surface area contributed by atoms with E-state index >= 15 is 0 Å². The third-order valence-corrected chi connectivity index (χ3v) is 5.16. The zero-order valence-corrected chi connectivity index (χ0v) is 13.4. The van der Waals surface area contributed by atoms with E-state index in [9.17, 15) is 9.59 Å². The van der Waals surface area contributed by atoms with Crippen molar-refractivity contribution in [1.29, 1.82) is 0 Å². The lowest BCUT2D eigenvalue weighted by Crippen LogP contribution is -2.47. The second-order valence-electron chi connectivity index (χ2n) is 5.78. The fourth-order valence-electron chi connectivity index (χ4n) is 2.97. The van der Waals surface area contributed by atoms with E-state index in [0.717, 1.165) is 49.2 Å². The zero-order chi connectivity index (χ0) is 15.5. The van der Waals surface area contributed by atoms with Crippen LogP contribution < -0.4 is 5.32 Å². The maximum Gasteiger partial charge on any atom is 0.305 e. The number of carbonyl (C=O) groups excluding carboxylic acids is 1. The van der Waals surface area contributed by atoms with Crippen molar-refractivity contribution in [3.8, 4) is 0 Å². The standard InChI is InChI=1S/C15H22N2O3S/c1-3-6-11-16-10(2)13(21-11)14(20)17-15(9-12(18)19)7-4-5-8-15/h3-9H2,1-2H3,(H,17,20)(H,18,19). The third-order valence-electron chi connectivity index (χ3n) is 3.94. The van der Waals surface area contributed by atoms with Crippen LogP contribution in [0.3, 0.4) is 0 Å². The molecule has 0 aliphatic heterocycles. The number of hydrogen-bond donors (Lipinski definition) is 2. The lowest BCUT2D eigenvalue weighted by molar-refractivity contribution is -0.138. The average molecular weight is 310 g/mol. The van der Waals surface area contributed by atoms with Crippen LogP contribution in [0.2, 0.25) is 0 Å². The van der Waals surface area contributed by atoms with Gasteiger partial charge in [-0.2, -0.15) is 0 Å². The number of aliphatic carboxylic acids is 1. The van der Waals surface area contributed by atoms with E-state index in [-0.39, 0.29) is 12.3 Å². The second kappa shape index (κ2) is 6.56. The Bertz CT molecular complexity index is 533. The van der Waals surface area contributed by atoms with Crippen LogP contribution in [0.1, 0.15) is 65.8 Å². The van der Waals surface area contributed by atoms with Gasteiger partial charge in [-0.25, -0.2) is 4.98 Å². The molecule has 5 nitrogen and oxygen atoms in total. The van der Waals surface area contributed by atoms with Crippen LogP contribution >= 0.6 is 11.3 Å². The molecule has 21 heavy (non-hydrogen) atoms. The van der Waals surface area contributed by atoms with Gasteiger partial charge in [-0.3, -0.25) is 9.59 Å². The van der Waals surface area contributed by atoms with Crippen molar-refractivity contribution in [2.24, 2.45) is 0 Å². The fourth-order valence-corrected chi connectivity index (χ4v) is 4.03. The molecular weight excluding hydrogens is 288 g/mol. The molecule has 0 spiro atoms. The van der Waals surface area contributed by atoms with E-state index in [0.29, 0.717) is 4.88 Å². The number of carboxylic acids is 1. The Kier molecular flexibility index (Phi) is 4.98. The number of carboxylic acid groups (broad SMARTS) is 1. The van der Waals surface area contributed by atoms with Crippen molar-refractivity contribution in [3.63, 3.8) is 0 Å². The number of hydrogen-bond acceptors (Lipinski definition) is 4. The summed E-state index contributed by atoms with van der Waals surface area (Å²) in [5, 5.41) is 13.0. The van der Waals surface area contributed by atoms with E-state index in [1.807, 2.05) is 6.92 Å². The van der Waals surface area contributed by atoms with E-state index < -0.39 is 11.5 Å². The topological polar surface area (TPSA) is 79.3 Å². The number of carbonyl (C=O) groups is 2. The van der Waals surface area contributed by atoms with Gasteiger partial charge in [0.1, 0.15) is 4.88 Å². The van der Waals surface area contributed by atoms with Gasteiger partial charge in [0.15, 0.2) is 0 Å². The Morgan fingerprint density at radius 3 is 2.62 bits per heavy atom. The highest BCUT2D eigenvalue weighted by Crippen LogP contribution is 2.33.